The predicted octanol–water partition coefficient (Wildman–Crippen LogP) is 3.98. The SMILES string of the molecule is Cc1ccc(S(=O)(=O)N(C)[C@@H](C)[C@H](Cl)c2ccccc2)cc1. The van der Waals surface area contributed by atoms with Gasteiger partial charge in [-0.3, -0.25) is 0 Å². The molecule has 0 bridgehead atoms. The molecule has 0 radical (unpaired) electrons. The number of rotatable bonds is 5. The molecule has 2 atom stereocenters. The second kappa shape index (κ2) is 6.82. The topological polar surface area (TPSA) is 37.4 Å². The minimum absolute atomic E-state index is 0.282. The van der Waals surface area contributed by atoms with E-state index in [-0.39, 0.29) is 10.9 Å². The molecular formula is C17H20ClNO2S. The number of halogens is 1. The molecule has 0 aliphatic carbocycles. The van der Waals surface area contributed by atoms with Gasteiger partial charge in [0.15, 0.2) is 0 Å². The monoisotopic (exact) mass is 337 g/mol. The van der Waals surface area contributed by atoms with Crippen LogP contribution in [0.1, 0.15) is 23.4 Å². The molecule has 2 aromatic rings. The first-order chi connectivity index (χ1) is 10.3. The van der Waals surface area contributed by atoms with E-state index < -0.39 is 15.4 Å². The highest BCUT2D eigenvalue weighted by Gasteiger charge is 2.30. The lowest BCUT2D eigenvalue weighted by Crippen LogP contribution is -2.37. The standard InChI is InChI=1S/C17H20ClNO2S/c1-13-9-11-16(12-10-13)22(20,21)19(3)14(2)17(18)15-7-5-4-6-8-15/h4-12,14,17H,1-3H3/t14-,17-/m0/s1. The summed E-state index contributed by atoms with van der Waals surface area (Å²) in [4.78, 5) is 0.282. The molecule has 5 heteroatoms. The zero-order chi connectivity index (χ0) is 16.3. The van der Waals surface area contributed by atoms with Crippen molar-refractivity contribution in [2.75, 3.05) is 7.05 Å². The van der Waals surface area contributed by atoms with Crippen molar-refractivity contribution < 1.29 is 8.42 Å². The number of alkyl halides is 1. The zero-order valence-corrected chi connectivity index (χ0v) is 14.5. The molecule has 0 saturated heterocycles. The molecule has 0 amide bonds. The van der Waals surface area contributed by atoms with Crippen LogP contribution in [0.2, 0.25) is 0 Å². The van der Waals surface area contributed by atoms with Crippen LogP contribution in [0.25, 0.3) is 0 Å². The Morgan fingerprint density at radius 1 is 1.00 bits per heavy atom. The van der Waals surface area contributed by atoms with Crippen LogP contribution >= 0.6 is 11.6 Å². The highest BCUT2D eigenvalue weighted by Crippen LogP contribution is 2.29. The van der Waals surface area contributed by atoms with Crippen molar-refractivity contribution in [3.63, 3.8) is 0 Å². The third-order valence-corrected chi connectivity index (χ3v) is 6.39. The summed E-state index contributed by atoms with van der Waals surface area (Å²) in [7, 11) is -1.99. The van der Waals surface area contributed by atoms with E-state index in [1.54, 1.807) is 31.3 Å². The largest absolute Gasteiger partial charge is 0.243 e. The number of benzene rings is 2. The summed E-state index contributed by atoms with van der Waals surface area (Å²) in [6.07, 6.45) is 0. The van der Waals surface area contributed by atoms with Gasteiger partial charge in [-0.05, 0) is 31.5 Å². The van der Waals surface area contributed by atoms with E-state index in [1.807, 2.05) is 44.2 Å². The molecular weight excluding hydrogens is 318 g/mol. The van der Waals surface area contributed by atoms with E-state index in [0.29, 0.717) is 0 Å². The Morgan fingerprint density at radius 2 is 1.55 bits per heavy atom. The minimum Gasteiger partial charge on any atom is -0.207 e. The Kier molecular flexibility index (Phi) is 5.27. The maximum atomic E-state index is 12.7. The Morgan fingerprint density at radius 3 is 2.09 bits per heavy atom. The van der Waals surface area contributed by atoms with Crippen LogP contribution in [-0.2, 0) is 10.0 Å². The predicted molar refractivity (Wildman–Crippen MR) is 90.6 cm³/mol. The Bertz CT molecular complexity index is 714. The maximum Gasteiger partial charge on any atom is 0.243 e. The first-order valence-electron chi connectivity index (χ1n) is 7.08. The lowest BCUT2D eigenvalue weighted by molar-refractivity contribution is 0.379. The summed E-state index contributed by atoms with van der Waals surface area (Å²) in [5, 5.41) is -0.411. The third kappa shape index (κ3) is 3.51. The Labute approximate surface area is 137 Å². The summed E-state index contributed by atoms with van der Waals surface area (Å²) < 4.78 is 26.7. The molecule has 2 aromatic carbocycles. The van der Waals surface area contributed by atoms with Gasteiger partial charge in [-0.15, -0.1) is 11.6 Å². The average molecular weight is 338 g/mol. The van der Waals surface area contributed by atoms with Crippen molar-refractivity contribution in [1.29, 1.82) is 0 Å². The smallest absolute Gasteiger partial charge is 0.207 e. The number of sulfonamides is 1. The summed E-state index contributed by atoms with van der Waals surface area (Å²) in [6.45, 7) is 3.74. The Balaban J connectivity index is 2.26. The molecule has 0 spiro atoms. The van der Waals surface area contributed by atoms with E-state index in [0.717, 1.165) is 11.1 Å². The van der Waals surface area contributed by atoms with Crippen molar-refractivity contribution in [3.05, 3.63) is 65.7 Å². The van der Waals surface area contributed by atoms with Crippen LogP contribution in [0, 0.1) is 6.92 Å². The summed E-state index contributed by atoms with van der Waals surface area (Å²) >= 11 is 6.46. The molecule has 22 heavy (non-hydrogen) atoms. The first-order valence-corrected chi connectivity index (χ1v) is 8.95. The van der Waals surface area contributed by atoms with Crippen LogP contribution in [0.3, 0.4) is 0 Å². The molecule has 0 aliphatic rings. The highest BCUT2D eigenvalue weighted by atomic mass is 35.5. The van der Waals surface area contributed by atoms with Crippen LogP contribution in [0.15, 0.2) is 59.5 Å². The molecule has 3 nitrogen and oxygen atoms in total. The number of hydrogen-bond donors (Lipinski definition) is 0. The third-order valence-electron chi connectivity index (χ3n) is 3.81. The van der Waals surface area contributed by atoms with Gasteiger partial charge in [-0.2, -0.15) is 4.31 Å². The number of likely N-dealkylation sites (N-methyl/N-ethyl adjacent to an activating group) is 1. The average Bonchev–Trinajstić information content (AvgIpc) is 2.54. The first kappa shape index (κ1) is 17.0. The van der Waals surface area contributed by atoms with Crippen LogP contribution < -0.4 is 0 Å². The van der Waals surface area contributed by atoms with Gasteiger partial charge in [0.25, 0.3) is 0 Å². The van der Waals surface area contributed by atoms with Crippen molar-refractivity contribution in [1.82, 2.24) is 4.31 Å². The van der Waals surface area contributed by atoms with E-state index in [9.17, 15) is 8.42 Å². The summed E-state index contributed by atoms with van der Waals surface area (Å²) in [5.41, 5.74) is 1.93. The quantitative estimate of drug-likeness (QED) is 0.774. The fraction of sp³-hybridized carbons (Fsp3) is 0.294. The summed E-state index contributed by atoms with van der Waals surface area (Å²) in [6, 6.07) is 16.0. The molecule has 2 rings (SSSR count). The Hall–Kier alpha value is -1.36. The fourth-order valence-corrected chi connectivity index (χ4v) is 3.95. The molecule has 0 N–H and O–H groups in total. The van der Waals surface area contributed by atoms with Gasteiger partial charge in [0, 0.05) is 13.1 Å². The van der Waals surface area contributed by atoms with Crippen molar-refractivity contribution in [2.24, 2.45) is 0 Å². The normalized spacial score (nSPS) is 14.8. The molecule has 0 unspecified atom stereocenters. The van der Waals surface area contributed by atoms with Gasteiger partial charge in [0.2, 0.25) is 10.0 Å². The number of nitrogens with zero attached hydrogens (tertiary/aromatic N) is 1. The van der Waals surface area contributed by atoms with Gasteiger partial charge < -0.3 is 0 Å². The molecule has 0 fully saturated rings. The molecule has 0 aromatic heterocycles. The van der Waals surface area contributed by atoms with Crippen LogP contribution in [0.5, 0.6) is 0 Å². The lowest BCUT2D eigenvalue weighted by atomic mass is 10.1. The van der Waals surface area contributed by atoms with Crippen molar-refractivity contribution in [3.8, 4) is 0 Å². The molecule has 0 heterocycles. The van der Waals surface area contributed by atoms with E-state index in [4.69, 9.17) is 11.6 Å². The van der Waals surface area contributed by atoms with Crippen molar-refractivity contribution >= 4 is 21.6 Å². The van der Waals surface area contributed by atoms with E-state index in [1.165, 1.54) is 4.31 Å². The lowest BCUT2D eigenvalue weighted by Gasteiger charge is -2.28. The van der Waals surface area contributed by atoms with Gasteiger partial charge in [0.05, 0.1) is 10.3 Å². The van der Waals surface area contributed by atoms with Gasteiger partial charge in [0.1, 0.15) is 0 Å². The molecule has 0 aliphatic heterocycles. The van der Waals surface area contributed by atoms with Gasteiger partial charge >= 0.3 is 0 Å². The van der Waals surface area contributed by atoms with Gasteiger partial charge in [-0.25, -0.2) is 8.42 Å². The molecule has 0 saturated carbocycles. The van der Waals surface area contributed by atoms with E-state index in [2.05, 4.69) is 0 Å². The highest BCUT2D eigenvalue weighted by molar-refractivity contribution is 7.89. The number of hydrogen-bond acceptors (Lipinski definition) is 2. The van der Waals surface area contributed by atoms with Crippen LogP contribution in [0.4, 0.5) is 0 Å². The fourth-order valence-electron chi connectivity index (χ4n) is 2.20. The zero-order valence-electron chi connectivity index (χ0n) is 12.9. The second-order valence-corrected chi connectivity index (χ2v) is 7.86. The van der Waals surface area contributed by atoms with Crippen LogP contribution in [-0.4, -0.2) is 25.8 Å². The second-order valence-electron chi connectivity index (χ2n) is 5.39. The maximum absolute atomic E-state index is 12.7. The number of aryl methyl sites for hydroxylation is 1. The summed E-state index contributed by atoms with van der Waals surface area (Å²) in [5.74, 6) is 0. The van der Waals surface area contributed by atoms with Gasteiger partial charge in [-0.1, -0.05) is 48.0 Å². The van der Waals surface area contributed by atoms with Crippen molar-refractivity contribution in [2.45, 2.75) is 30.2 Å². The van der Waals surface area contributed by atoms with E-state index >= 15 is 0 Å². The minimum atomic E-state index is -3.56. The molecule has 118 valence electrons.